The molecular weight excluding hydrogens is 563 g/mol. The molecule has 0 aliphatic carbocycles. The number of phenols is 1. The molecule has 4 aliphatic rings. The molecule has 4 fully saturated rings. The maximum atomic E-state index is 15.1. The molecular formula is C30H30F3N7O3. The normalized spacial score (nSPS) is 28.8. The second kappa shape index (κ2) is 9.78. The van der Waals surface area contributed by atoms with E-state index in [-0.39, 0.29) is 71.8 Å². The van der Waals surface area contributed by atoms with Gasteiger partial charge in [-0.2, -0.15) is 19.7 Å². The molecule has 10 nitrogen and oxygen atoms in total. The Kier molecular flexibility index (Phi) is 5.56. The van der Waals surface area contributed by atoms with Crippen LogP contribution in [0.1, 0.15) is 34.8 Å². The standard InChI is InChI=1S/C30H30F3N7O3/c31-17-10-30(6-1-7-39(30)12-17)15-43-29-36-26-21(27(37-29)38-13-18-3-4-19(14-38)35-18)11-34-40(28(26)42)23-9-20(41)8-16-2-5-22(32)25(33)24(16)23/h2,5,8-9,11,17-19,35,41H,1,3-4,6-7,10,12-15H2/t17-,18-,19+,30+/m1/s1/i7D2. The lowest BCUT2D eigenvalue weighted by Gasteiger charge is -2.34. The van der Waals surface area contributed by atoms with E-state index in [1.807, 2.05) is 4.90 Å². The van der Waals surface area contributed by atoms with Gasteiger partial charge in [-0.1, -0.05) is 6.07 Å². The second-order valence-electron chi connectivity index (χ2n) is 12.0. The van der Waals surface area contributed by atoms with Crippen molar-refractivity contribution in [3.05, 3.63) is 52.5 Å². The Hall–Kier alpha value is -3.97. The molecule has 2 aromatic heterocycles. The molecule has 13 heteroatoms. The number of nitrogens with zero attached hydrogens (tertiary/aromatic N) is 6. The van der Waals surface area contributed by atoms with Gasteiger partial charge in [0.15, 0.2) is 11.6 Å². The van der Waals surface area contributed by atoms with Crippen molar-refractivity contribution in [1.82, 2.24) is 30.0 Å². The number of aromatic nitrogens is 4. The number of fused-ring (bicyclic) bond motifs is 5. The predicted octanol–water partition coefficient (Wildman–Crippen LogP) is 3.21. The van der Waals surface area contributed by atoms with Gasteiger partial charge >= 0.3 is 6.01 Å². The molecule has 0 unspecified atom stereocenters. The monoisotopic (exact) mass is 595 g/mol. The topological polar surface area (TPSA) is 109 Å². The number of rotatable bonds is 5. The fourth-order valence-corrected chi connectivity index (χ4v) is 7.24. The van der Waals surface area contributed by atoms with E-state index in [0.29, 0.717) is 30.7 Å². The molecule has 0 amide bonds. The molecule has 43 heavy (non-hydrogen) atoms. The van der Waals surface area contributed by atoms with Gasteiger partial charge in [0.1, 0.15) is 29.9 Å². The summed E-state index contributed by atoms with van der Waals surface area (Å²) in [7, 11) is 0. The van der Waals surface area contributed by atoms with Crippen LogP contribution in [0.15, 0.2) is 35.3 Å². The molecule has 2 bridgehead atoms. The highest BCUT2D eigenvalue weighted by Gasteiger charge is 2.49. The first-order valence-electron chi connectivity index (χ1n) is 15.5. The molecule has 4 saturated heterocycles. The molecule has 2 aromatic carbocycles. The first-order chi connectivity index (χ1) is 21.5. The number of aromatic hydroxyl groups is 1. The van der Waals surface area contributed by atoms with E-state index >= 15 is 4.39 Å². The lowest BCUT2D eigenvalue weighted by Crippen LogP contribution is -2.51. The van der Waals surface area contributed by atoms with Crippen molar-refractivity contribution in [3.8, 4) is 17.4 Å². The first-order valence-corrected chi connectivity index (χ1v) is 14.5. The molecule has 8 rings (SSSR count). The Labute approximate surface area is 246 Å². The number of hydrogen-bond donors (Lipinski definition) is 2. The van der Waals surface area contributed by atoms with Gasteiger partial charge in [0.05, 0.1) is 22.8 Å². The molecule has 4 aliphatic heterocycles. The SMILES string of the molecule is [2H]C1([2H])CC[C@@]2(COc3nc(N4C[C@H]5CC[C@@H](C4)N5)c4cnn(-c5cc(O)cc6ccc(F)c(F)c56)c(=O)c4n3)C[C@@H](F)CN12. The van der Waals surface area contributed by atoms with Gasteiger partial charge in [-0.05, 0) is 49.7 Å². The minimum absolute atomic E-state index is 0.0326. The summed E-state index contributed by atoms with van der Waals surface area (Å²) in [6.45, 7) is -0.540. The molecule has 0 spiro atoms. The molecule has 6 heterocycles. The van der Waals surface area contributed by atoms with Crippen LogP contribution < -0.4 is 20.5 Å². The van der Waals surface area contributed by atoms with Crippen LogP contribution in [0.3, 0.4) is 0 Å². The van der Waals surface area contributed by atoms with E-state index in [9.17, 15) is 18.7 Å². The molecule has 4 atom stereocenters. The van der Waals surface area contributed by atoms with Gasteiger partial charge in [-0.15, -0.1) is 0 Å². The first kappa shape index (κ1) is 24.5. The Morgan fingerprint density at radius 1 is 1.16 bits per heavy atom. The van der Waals surface area contributed by atoms with Crippen molar-refractivity contribution in [2.75, 3.05) is 37.6 Å². The maximum Gasteiger partial charge on any atom is 0.319 e. The van der Waals surface area contributed by atoms with Crippen molar-refractivity contribution in [3.63, 3.8) is 0 Å². The number of benzene rings is 2. The minimum Gasteiger partial charge on any atom is -0.508 e. The van der Waals surface area contributed by atoms with E-state index in [2.05, 4.69) is 15.4 Å². The zero-order chi connectivity index (χ0) is 31.2. The van der Waals surface area contributed by atoms with E-state index in [1.54, 1.807) is 0 Å². The summed E-state index contributed by atoms with van der Waals surface area (Å²) < 4.78 is 67.7. The molecule has 2 N–H and O–H groups in total. The predicted molar refractivity (Wildman–Crippen MR) is 153 cm³/mol. The van der Waals surface area contributed by atoms with Gasteiger partial charge < -0.3 is 20.1 Å². The Morgan fingerprint density at radius 3 is 2.79 bits per heavy atom. The maximum absolute atomic E-state index is 15.1. The summed E-state index contributed by atoms with van der Waals surface area (Å²) in [6, 6.07) is 4.96. The number of hydrogen-bond acceptors (Lipinski definition) is 9. The molecule has 0 radical (unpaired) electrons. The zero-order valence-electron chi connectivity index (χ0n) is 25.1. The minimum atomic E-state index is -1.67. The lowest BCUT2D eigenvalue weighted by molar-refractivity contribution is 0.107. The van der Waals surface area contributed by atoms with Crippen LogP contribution in [-0.2, 0) is 0 Å². The summed E-state index contributed by atoms with van der Waals surface area (Å²) >= 11 is 0. The highest BCUT2D eigenvalue weighted by Crippen LogP contribution is 2.40. The number of halogens is 3. The average Bonchev–Trinajstić information content (AvgIpc) is 3.62. The third kappa shape index (κ3) is 4.31. The second-order valence-corrected chi connectivity index (χ2v) is 12.0. The highest BCUT2D eigenvalue weighted by atomic mass is 19.2. The smallest absolute Gasteiger partial charge is 0.319 e. The highest BCUT2D eigenvalue weighted by molar-refractivity contribution is 5.93. The Balaban J connectivity index is 1.26. The van der Waals surface area contributed by atoms with Gasteiger partial charge in [0.2, 0.25) is 0 Å². The van der Waals surface area contributed by atoms with Crippen LogP contribution in [0.25, 0.3) is 27.4 Å². The summed E-state index contributed by atoms with van der Waals surface area (Å²) in [4.78, 5) is 26.8. The van der Waals surface area contributed by atoms with Crippen LogP contribution in [0, 0.1) is 11.6 Å². The van der Waals surface area contributed by atoms with Gasteiger partial charge in [-0.25, -0.2) is 13.2 Å². The molecule has 0 saturated carbocycles. The van der Waals surface area contributed by atoms with Crippen molar-refractivity contribution in [1.29, 1.82) is 0 Å². The Bertz CT molecular complexity index is 1920. The van der Waals surface area contributed by atoms with Gasteiger partial charge in [0.25, 0.3) is 5.56 Å². The lowest BCUT2D eigenvalue weighted by atomic mass is 9.95. The van der Waals surface area contributed by atoms with Crippen molar-refractivity contribution >= 4 is 27.5 Å². The van der Waals surface area contributed by atoms with Gasteiger partial charge in [-0.3, -0.25) is 9.69 Å². The van der Waals surface area contributed by atoms with Gasteiger partial charge in [0, 0.05) is 52.3 Å². The van der Waals surface area contributed by atoms with Crippen LogP contribution >= 0.6 is 0 Å². The summed E-state index contributed by atoms with van der Waals surface area (Å²) in [6.07, 6.45) is 2.93. The molecule has 224 valence electrons. The van der Waals surface area contributed by atoms with Crippen LogP contribution in [0.4, 0.5) is 19.0 Å². The number of nitrogens with one attached hydrogen (secondary N) is 1. The van der Waals surface area contributed by atoms with E-state index < -0.39 is 35.4 Å². The van der Waals surface area contributed by atoms with Crippen LogP contribution in [-0.4, -0.2) is 86.3 Å². The van der Waals surface area contributed by atoms with E-state index in [0.717, 1.165) is 29.7 Å². The number of phenolic OH excluding ortho intramolecular Hbond substituents is 1. The number of ether oxygens (including phenoxy) is 1. The quantitative estimate of drug-likeness (QED) is 0.360. The van der Waals surface area contributed by atoms with Crippen molar-refractivity contribution in [2.45, 2.75) is 55.9 Å². The van der Waals surface area contributed by atoms with E-state index in [1.165, 1.54) is 23.2 Å². The summed E-state index contributed by atoms with van der Waals surface area (Å²) in [5.74, 6) is -2.16. The average molecular weight is 596 g/mol. The largest absolute Gasteiger partial charge is 0.508 e. The van der Waals surface area contributed by atoms with Crippen LogP contribution in [0.5, 0.6) is 11.8 Å². The fourth-order valence-electron chi connectivity index (χ4n) is 7.24. The fraction of sp³-hybridized carbons (Fsp3) is 0.467. The van der Waals surface area contributed by atoms with Crippen molar-refractivity contribution < 1.29 is 25.8 Å². The van der Waals surface area contributed by atoms with E-state index in [4.69, 9.17) is 12.5 Å². The number of anilines is 1. The van der Waals surface area contributed by atoms with Crippen LogP contribution in [0.2, 0.25) is 0 Å². The van der Waals surface area contributed by atoms with Crippen molar-refractivity contribution in [2.24, 2.45) is 0 Å². The zero-order valence-corrected chi connectivity index (χ0v) is 23.1. The summed E-state index contributed by atoms with van der Waals surface area (Å²) in [5.41, 5.74) is -1.90. The third-order valence-electron chi connectivity index (χ3n) is 9.24. The molecule has 4 aromatic rings. The number of alkyl halides is 1. The Morgan fingerprint density at radius 2 is 1.98 bits per heavy atom. The summed E-state index contributed by atoms with van der Waals surface area (Å²) in [5, 5.41) is 18.5. The number of piperazine rings is 1. The third-order valence-corrected chi connectivity index (χ3v) is 9.24.